The number of amides is 2. The molecule has 2 amide bonds. The highest BCUT2D eigenvalue weighted by molar-refractivity contribution is 6.33. The second-order valence-corrected chi connectivity index (χ2v) is 10.4. The molecule has 2 aliphatic rings. The predicted molar refractivity (Wildman–Crippen MR) is 139 cm³/mol. The first kappa shape index (κ1) is 25.4. The number of pyridine rings is 1. The number of rotatable bonds is 2. The van der Waals surface area contributed by atoms with Crippen LogP contribution in [0.1, 0.15) is 34.1 Å². The van der Waals surface area contributed by atoms with Crippen molar-refractivity contribution in [2.75, 3.05) is 33.2 Å². The number of hydrogen-bond donors (Lipinski definition) is 1. The largest absolute Gasteiger partial charge is 0.354 e. The van der Waals surface area contributed by atoms with Crippen LogP contribution >= 0.6 is 23.2 Å². The van der Waals surface area contributed by atoms with Crippen molar-refractivity contribution in [2.45, 2.75) is 25.6 Å². The molecule has 12 heteroatoms. The Hall–Kier alpha value is -3.21. The Kier molecular flexibility index (Phi) is 7.32. The number of aromatic nitrogens is 4. The molecule has 0 aliphatic carbocycles. The summed E-state index contributed by atoms with van der Waals surface area (Å²) < 4.78 is 3.25. The monoisotopic (exact) mass is 543 g/mol. The van der Waals surface area contributed by atoms with Gasteiger partial charge in [0.1, 0.15) is 11.3 Å². The van der Waals surface area contributed by atoms with Crippen LogP contribution in [0.15, 0.2) is 47.5 Å². The van der Waals surface area contributed by atoms with E-state index in [2.05, 4.69) is 20.5 Å². The summed E-state index contributed by atoms with van der Waals surface area (Å²) in [7, 11) is 1.62. The average Bonchev–Trinajstić information content (AvgIpc) is 3.48. The minimum absolute atomic E-state index is 0.0224. The molecule has 0 unspecified atom stereocenters. The van der Waals surface area contributed by atoms with Gasteiger partial charge in [-0.15, -0.1) is 5.10 Å². The maximum absolute atomic E-state index is 13.0. The first-order valence-corrected chi connectivity index (χ1v) is 12.8. The lowest BCUT2D eigenvalue weighted by Crippen LogP contribution is -2.39. The first-order valence-electron chi connectivity index (χ1n) is 12.1. The minimum atomic E-state index is -0.395. The van der Waals surface area contributed by atoms with Crippen LogP contribution in [0.3, 0.4) is 0 Å². The summed E-state index contributed by atoms with van der Waals surface area (Å²) in [4.78, 5) is 42.4. The van der Waals surface area contributed by atoms with E-state index in [1.54, 1.807) is 36.1 Å². The van der Waals surface area contributed by atoms with Crippen LogP contribution in [0.5, 0.6) is 0 Å². The van der Waals surface area contributed by atoms with Crippen LogP contribution in [0.2, 0.25) is 10.0 Å². The quantitative estimate of drug-likeness (QED) is 0.530. The number of fused-ring (bicyclic) bond motifs is 6. The molecule has 0 saturated carbocycles. The van der Waals surface area contributed by atoms with Crippen molar-refractivity contribution >= 4 is 35.0 Å². The number of halogens is 2. The average molecular weight is 544 g/mol. The van der Waals surface area contributed by atoms with Gasteiger partial charge in [-0.05, 0) is 35.9 Å². The third kappa shape index (κ3) is 5.56. The van der Waals surface area contributed by atoms with E-state index in [0.29, 0.717) is 41.8 Å². The zero-order valence-electron chi connectivity index (χ0n) is 20.3. The molecular weight excluding hydrogens is 517 g/mol. The molecule has 10 nitrogen and oxygen atoms in total. The zero-order valence-corrected chi connectivity index (χ0v) is 21.8. The highest BCUT2D eigenvalue weighted by atomic mass is 35.5. The van der Waals surface area contributed by atoms with Gasteiger partial charge in [0.05, 0.1) is 18.8 Å². The van der Waals surface area contributed by atoms with Gasteiger partial charge >= 0.3 is 0 Å². The standard InChI is InChI=1S/C25H27Cl2N7O3/c1-31-8-6-28-23(35)10-17-12-32(11-16-9-18(26)4-5-21(16)27)15-22(17)34-14-19(29-30-34)13-33-7-2-3-20(24(31)36)25(33)37/h2-5,7,9,14,17,22H,6,8,10-13,15H2,1H3,(H,28,35)/t17-,22+/m0/s1. The van der Waals surface area contributed by atoms with E-state index in [9.17, 15) is 14.4 Å². The van der Waals surface area contributed by atoms with Gasteiger partial charge in [0.15, 0.2) is 0 Å². The van der Waals surface area contributed by atoms with E-state index in [1.807, 2.05) is 12.3 Å². The Morgan fingerprint density at radius 2 is 1.97 bits per heavy atom. The summed E-state index contributed by atoms with van der Waals surface area (Å²) in [6.07, 6.45) is 3.75. The Morgan fingerprint density at radius 1 is 1.14 bits per heavy atom. The lowest BCUT2D eigenvalue weighted by atomic mass is 9.99. The lowest BCUT2D eigenvalue weighted by Gasteiger charge is -2.20. The molecule has 4 heterocycles. The molecule has 5 rings (SSSR count). The van der Waals surface area contributed by atoms with Crippen LogP contribution < -0.4 is 10.9 Å². The molecule has 1 saturated heterocycles. The fourth-order valence-electron chi connectivity index (χ4n) is 5.00. The van der Waals surface area contributed by atoms with E-state index in [1.165, 1.54) is 15.5 Å². The molecular formula is C25H27Cl2N7O3. The molecule has 2 aromatic heterocycles. The van der Waals surface area contributed by atoms with Crippen molar-refractivity contribution in [3.05, 3.63) is 79.9 Å². The van der Waals surface area contributed by atoms with E-state index < -0.39 is 11.5 Å². The van der Waals surface area contributed by atoms with Gasteiger partial charge < -0.3 is 14.8 Å². The van der Waals surface area contributed by atoms with Crippen molar-refractivity contribution in [2.24, 2.45) is 5.92 Å². The number of likely N-dealkylation sites (tertiary alicyclic amines) is 1. The third-order valence-corrected chi connectivity index (χ3v) is 7.53. The van der Waals surface area contributed by atoms with Crippen LogP contribution in [0.25, 0.3) is 0 Å². The van der Waals surface area contributed by atoms with E-state index in [4.69, 9.17) is 23.2 Å². The molecule has 1 fully saturated rings. The summed E-state index contributed by atoms with van der Waals surface area (Å²) in [6.45, 7) is 2.66. The topological polar surface area (TPSA) is 105 Å². The zero-order chi connectivity index (χ0) is 26.1. The van der Waals surface area contributed by atoms with Crippen LogP contribution in [-0.4, -0.2) is 74.4 Å². The molecule has 0 radical (unpaired) electrons. The molecule has 4 bridgehead atoms. The predicted octanol–water partition coefficient (Wildman–Crippen LogP) is 2.06. The molecule has 2 atom stereocenters. The van der Waals surface area contributed by atoms with Crippen LogP contribution in [0.4, 0.5) is 0 Å². The number of hydrogen-bond acceptors (Lipinski definition) is 6. The highest BCUT2D eigenvalue weighted by Crippen LogP contribution is 2.32. The Bertz CT molecular complexity index is 1390. The highest BCUT2D eigenvalue weighted by Gasteiger charge is 2.36. The Balaban J connectivity index is 1.44. The minimum Gasteiger partial charge on any atom is -0.354 e. The molecule has 0 spiro atoms. The second-order valence-electron chi connectivity index (χ2n) is 9.58. The SMILES string of the molecule is CN1CCNC(=O)C[C@H]2CN(Cc3cc(Cl)ccc3Cl)C[C@H]2n2cc(nn2)Cn2cccc(c2=O)C1=O. The van der Waals surface area contributed by atoms with Gasteiger partial charge in [0.25, 0.3) is 11.5 Å². The summed E-state index contributed by atoms with van der Waals surface area (Å²) in [5, 5.41) is 12.8. The smallest absolute Gasteiger partial charge is 0.263 e. The van der Waals surface area contributed by atoms with Crippen LogP contribution in [-0.2, 0) is 17.9 Å². The molecule has 1 N–H and O–H groups in total. The molecule has 3 aromatic rings. The number of carbonyl (C=O) groups excluding carboxylic acids is 2. The number of nitrogens with zero attached hydrogens (tertiary/aromatic N) is 6. The van der Waals surface area contributed by atoms with Gasteiger partial charge in [-0.1, -0.05) is 28.4 Å². The fourth-order valence-corrected chi connectivity index (χ4v) is 5.38. The molecule has 194 valence electrons. The van der Waals surface area contributed by atoms with Crippen molar-refractivity contribution in [3.8, 4) is 0 Å². The molecule has 2 aliphatic heterocycles. The van der Waals surface area contributed by atoms with Gasteiger partial charge in [0, 0.05) is 68.4 Å². The normalized spacial score (nSPS) is 21.1. The van der Waals surface area contributed by atoms with Gasteiger partial charge in [-0.25, -0.2) is 4.68 Å². The van der Waals surface area contributed by atoms with Crippen molar-refractivity contribution in [3.63, 3.8) is 0 Å². The van der Waals surface area contributed by atoms with Crippen molar-refractivity contribution in [1.82, 2.24) is 34.7 Å². The van der Waals surface area contributed by atoms with Crippen LogP contribution in [0, 0.1) is 5.92 Å². The first-order chi connectivity index (χ1) is 17.8. The maximum Gasteiger partial charge on any atom is 0.263 e. The Labute approximate surface area is 223 Å². The van der Waals surface area contributed by atoms with Gasteiger partial charge in [0.2, 0.25) is 5.91 Å². The number of likely N-dealkylation sites (N-methyl/N-ethyl adjacent to an activating group) is 1. The lowest BCUT2D eigenvalue weighted by molar-refractivity contribution is -0.122. The second kappa shape index (κ2) is 10.6. The summed E-state index contributed by atoms with van der Waals surface area (Å²) in [5.74, 6) is -0.519. The Morgan fingerprint density at radius 3 is 2.81 bits per heavy atom. The van der Waals surface area contributed by atoms with Crippen molar-refractivity contribution in [1.29, 1.82) is 0 Å². The van der Waals surface area contributed by atoms with E-state index in [0.717, 1.165) is 5.56 Å². The maximum atomic E-state index is 13.0. The number of benzene rings is 1. The summed E-state index contributed by atoms with van der Waals surface area (Å²) >= 11 is 12.6. The van der Waals surface area contributed by atoms with Gasteiger partial charge in [-0.3, -0.25) is 19.3 Å². The molecule has 37 heavy (non-hydrogen) atoms. The van der Waals surface area contributed by atoms with Gasteiger partial charge in [-0.2, -0.15) is 0 Å². The molecule has 1 aromatic carbocycles. The van der Waals surface area contributed by atoms with Crippen molar-refractivity contribution < 1.29 is 9.59 Å². The number of nitrogens with one attached hydrogen (secondary N) is 1. The number of carbonyl (C=O) groups is 2. The fraction of sp³-hybridized carbons (Fsp3) is 0.400. The van der Waals surface area contributed by atoms with E-state index in [-0.39, 0.29) is 43.1 Å². The third-order valence-electron chi connectivity index (χ3n) is 6.93. The summed E-state index contributed by atoms with van der Waals surface area (Å²) in [5.41, 5.74) is 1.18. The summed E-state index contributed by atoms with van der Waals surface area (Å²) in [6, 6.07) is 8.49. The van der Waals surface area contributed by atoms with E-state index >= 15 is 0 Å².